The van der Waals surface area contributed by atoms with Crippen LogP contribution in [0.1, 0.15) is 125 Å². The highest BCUT2D eigenvalue weighted by molar-refractivity contribution is 6.31. The first-order chi connectivity index (χ1) is 27.7. The van der Waals surface area contributed by atoms with Crippen molar-refractivity contribution >= 4 is 46.0 Å². The molecule has 1 amide bonds. The molecule has 2 heterocycles. The van der Waals surface area contributed by atoms with Crippen LogP contribution in [0, 0.1) is 46.3 Å². The van der Waals surface area contributed by atoms with E-state index in [1.54, 1.807) is 6.20 Å². The van der Waals surface area contributed by atoms with E-state index in [1.165, 1.54) is 13.8 Å². The molecule has 2 aromatic rings. The molecule has 8 rings (SSSR count). The number of nitrogens with zero attached hydrogens (tertiary/aromatic N) is 1. The van der Waals surface area contributed by atoms with Gasteiger partial charge in [0.1, 0.15) is 12.2 Å². The maximum atomic E-state index is 13.2. The van der Waals surface area contributed by atoms with Crippen LogP contribution in [-0.4, -0.2) is 59.7 Å². The highest BCUT2D eigenvalue weighted by Crippen LogP contribution is 2.70. The number of fused-ring (bicyclic) bond motifs is 6. The highest BCUT2D eigenvalue weighted by Gasteiger charge is 2.69. The van der Waals surface area contributed by atoms with E-state index in [1.807, 2.05) is 24.3 Å². The number of carbonyl (C=O) groups excluding carboxylic acids is 3. The maximum Gasteiger partial charge on any atom is 0.302 e. The molecule has 2 spiro atoms. The second-order valence-corrected chi connectivity index (χ2v) is 19.4. The van der Waals surface area contributed by atoms with Gasteiger partial charge in [-0.1, -0.05) is 38.8 Å². The normalized spacial score (nSPS) is 35.3. The number of anilines is 1. The molecular weight excluding hydrogens is 762 g/mol. The molecule has 6 aliphatic rings. The first kappa shape index (κ1) is 41.7. The molecule has 10 atom stereocenters. The van der Waals surface area contributed by atoms with Crippen molar-refractivity contribution in [1.82, 2.24) is 10.3 Å². The topological polar surface area (TPSA) is 144 Å². The van der Waals surface area contributed by atoms with Crippen LogP contribution in [0.25, 0.3) is 10.9 Å². The Bertz CT molecular complexity index is 1850. The van der Waals surface area contributed by atoms with Crippen molar-refractivity contribution in [1.29, 1.82) is 0 Å². The Balaban J connectivity index is 0.935. The average Bonchev–Trinajstić information content (AvgIpc) is 3.56. The van der Waals surface area contributed by atoms with Crippen LogP contribution >= 0.6 is 11.6 Å². The number of hydrogen-bond donors (Lipinski definition) is 2. The smallest absolute Gasteiger partial charge is 0.302 e. The summed E-state index contributed by atoms with van der Waals surface area (Å²) in [6.45, 7) is 11.0. The Labute approximate surface area is 347 Å². The van der Waals surface area contributed by atoms with Gasteiger partial charge in [0, 0.05) is 92.7 Å². The van der Waals surface area contributed by atoms with Gasteiger partial charge >= 0.3 is 11.9 Å². The second-order valence-electron chi connectivity index (χ2n) is 19.0. The zero-order chi connectivity index (χ0) is 40.9. The molecule has 12 nitrogen and oxygen atoms in total. The van der Waals surface area contributed by atoms with Gasteiger partial charge in [-0.25, -0.2) is 0 Å². The van der Waals surface area contributed by atoms with E-state index < -0.39 is 11.6 Å². The van der Waals surface area contributed by atoms with Gasteiger partial charge in [0.25, 0.3) is 0 Å². The zero-order valence-electron chi connectivity index (χ0n) is 34.8. The van der Waals surface area contributed by atoms with Crippen molar-refractivity contribution in [2.45, 2.75) is 148 Å². The van der Waals surface area contributed by atoms with E-state index in [9.17, 15) is 14.4 Å². The minimum Gasteiger partial charge on any atom is -0.462 e. The number of ether oxygens (including phenoxy) is 2. The van der Waals surface area contributed by atoms with Gasteiger partial charge in [-0.3, -0.25) is 19.4 Å². The van der Waals surface area contributed by atoms with Crippen LogP contribution in [0.5, 0.6) is 0 Å². The van der Waals surface area contributed by atoms with Gasteiger partial charge in [0.05, 0.1) is 5.52 Å². The molecule has 5 aliphatic carbocycles. The fourth-order valence-corrected chi connectivity index (χ4v) is 13.0. The Hall–Kier alpha value is -3.03. The fourth-order valence-electron chi connectivity index (χ4n) is 12.8. The number of carbonyl (C=O) groups is 3. The summed E-state index contributed by atoms with van der Waals surface area (Å²) < 4.78 is 12.7. The van der Waals surface area contributed by atoms with Crippen molar-refractivity contribution in [3.63, 3.8) is 0 Å². The molecule has 1 aromatic heterocycles. The van der Waals surface area contributed by atoms with Crippen LogP contribution in [0.4, 0.5) is 5.69 Å². The third kappa shape index (κ3) is 7.85. The number of esters is 2. The van der Waals surface area contributed by atoms with Crippen molar-refractivity contribution in [2.75, 3.05) is 18.4 Å². The van der Waals surface area contributed by atoms with Crippen LogP contribution < -0.4 is 10.6 Å². The summed E-state index contributed by atoms with van der Waals surface area (Å²) in [5, 5.41) is 8.13. The van der Waals surface area contributed by atoms with Gasteiger partial charge in [0.2, 0.25) is 17.5 Å². The van der Waals surface area contributed by atoms with Gasteiger partial charge < -0.3 is 20.1 Å². The van der Waals surface area contributed by atoms with Gasteiger partial charge in [0.15, 0.2) is 0 Å². The zero-order valence-corrected chi connectivity index (χ0v) is 35.6. The molecule has 2 N–H and O–H groups in total. The number of hydrogen-bond acceptors (Lipinski definition) is 11. The number of pyridine rings is 1. The van der Waals surface area contributed by atoms with Crippen LogP contribution in [0.3, 0.4) is 0 Å². The number of benzene rings is 1. The number of halogens is 1. The van der Waals surface area contributed by atoms with Crippen molar-refractivity contribution in [2.24, 2.45) is 46.3 Å². The van der Waals surface area contributed by atoms with Crippen LogP contribution in [0.2, 0.25) is 5.02 Å². The Morgan fingerprint density at radius 3 is 2.38 bits per heavy atom. The van der Waals surface area contributed by atoms with E-state index in [2.05, 4.69) is 36.4 Å². The van der Waals surface area contributed by atoms with E-state index >= 15 is 0 Å². The largest absolute Gasteiger partial charge is 0.462 e. The minimum absolute atomic E-state index is 0.0202. The summed E-state index contributed by atoms with van der Waals surface area (Å²) in [7, 11) is 0. The molecule has 0 bridgehead atoms. The lowest BCUT2D eigenvalue weighted by Crippen LogP contribution is -2.65. The monoisotopic (exact) mass is 823 g/mol. The molecule has 318 valence electrons. The summed E-state index contributed by atoms with van der Waals surface area (Å²) in [5.74, 6) is -1.38. The lowest BCUT2D eigenvalue weighted by molar-refractivity contribution is -0.665. The molecule has 1 aromatic carbocycles. The quantitative estimate of drug-likeness (QED) is 0.135. The Kier molecular flexibility index (Phi) is 11.8. The number of rotatable bonds is 10. The molecule has 6 fully saturated rings. The second kappa shape index (κ2) is 16.4. The number of amides is 1. The molecule has 0 unspecified atom stereocenters. The van der Waals surface area contributed by atoms with E-state index in [-0.39, 0.29) is 76.4 Å². The average molecular weight is 824 g/mol. The Morgan fingerprint density at radius 2 is 1.64 bits per heavy atom. The molecule has 0 radical (unpaired) electrons. The predicted octanol–water partition coefficient (Wildman–Crippen LogP) is 8.84. The van der Waals surface area contributed by atoms with Crippen molar-refractivity contribution in [3.8, 4) is 0 Å². The lowest BCUT2D eigenvalue weighted by Gasteiger charge is -2.65. The van der Waals surface area contributed by atoms with E-state index in [0.29, 0.717) is 50.2 Å². The van der Waals surface area contributed by atoms with Crippen LogP contribution in [0.15, 0.2) is 30.5 Å². The number of aromatic nitrogens is 1. The van der Waals surface area contributed by atoms with E-state index in [0.717, 1.165) is 74.4 Å². The first-order valence-electron chi connectivity index (χ1n) is 21.9. The third-order valence-electron chi connectivity index (χ3n) is 15.7. The Morgan fingerprint density at radius 1 is 0.897 bits per heavy atom. The standard InChI is InChI=1S/C45H62ClN3O9/c1-27(9-14-40(52)49-22-21-48-36-15-20-47-37-24-31(46)10-11-32(36)37)33-12-13-34-41-35(25-39(43(33,34)5)54-29(3)51)42(4)18-19-45(26-30(42)23-38(41)53-28(2)50)57-55-44(56-58-45)16-7-6-8-17-44/h10-11,15,20,24,27,30,33-35,38-39,41H,6-9,12-14,16-19,21-23,25-26H2,1-5H3,(H,47,48)(H,49,52)/t27-,30-,33-,34+,35+,38-,39+,41+,42+,43-/m1/s1. The molecule has 13 heteroatoms. The van der Waals surface area contributed by atoms with Crippen LogP contribution in [-0.2, 0) is 43.4 Å². The molecular formula is C45H62ClN3O9. The summed E-state index contributed by atoms with van der Waals surface area (Å²) in [6, 6.07) is 7.56. The van der Waals surface area contributed by atoms with Gasteiger partial charge in [-0.2, -0.15) is 19.6 Å². The molecule has 58 heavy (non-hydrogen) atoms. The summed E-state index contributed by atoms with van der Waals surface area (Å²) in [5.41, 5.74) is 1.29. The summed E-state index contributed by atoms with van der Waals surface area (Å²) in [6.07, 6.45) is 12.3. The lowest BCUT2D eigenvalue weighted by atomic mass is 9.42. The van der Waals surface area contributed by atoms with E-state index in [4.69, 9.17) is 40.6 Å². The van der Waals surface area contributed by atoms with Crippen molar-refractivity contribution in [3.05, 3.63) is 35.5 Å². The predicted molar refractivity (Wildman–Crippen MR) is 217 cm³/mol. The van der Waals surface area contributed by atoms with Crippen molar-refractivity contribution < 1.29 is 43.4 Å². The maximum absolute atomic E-state index is 13.2. The van der Waals surface area contributed by atoms with Gasteiger partial charge in [-0.15, -0.1) is 0 Å². The molecule has 1 aliphatic heterocycles. The minimum atomic E-state index is -1.01. The fraction of sp³-hybridized carbons (Fsp3) is 0.733. The third-order valence-corrected chi connectivity index (χ3v) is 16.0. The molecule has 5 saturated carbocycles. The highest BCUT2D eigenvalue weighted by atomic mass is 35.5. The number of nitrogens with one attached hydrogen (secondary N) is 2. The van der Waals surface area contributed by atoms with Gasteiger partial charge in [-0.05, 0) is 111 Å². The molecule has 1 saturated heterocycles. The summed E-state index contributed by atoms with van der Waals surface area (Å²) >= 11 is 6.15. The SMILES string of the molecule is CC(=O)O[C@H]1C[C@H]2[C@@H]([C@H](OC(C)=O)C[C@@H]3CC4(CC[C@@]32C)OOC2(CCCCC2)OO4)[C@@H]2CC[C@H]([C@H](C)CCC(=O)NCCNc3ccnc4cc(Cl)ccc34)[C@@]12C. The first-order valence-corrected chi connectivity index (χ1v) is 22.2. The summed E-state index contributed by atoms with van der Waals surface area (Å²) in [4.78, 5) is 67.7.